The molecule has 3 aromatic rings. The fraction of sp³-hybridized carbons (Fsp3) is 0.556. The Morgan fingerprint density at radius 2 is 1.95 bits per heavy atom. The molecule has 1 amide bonds. The van der Waals surface area contributed by atoms with E-state index in [-0.39, 0.29) is 58.8 Å². The Kier molecular flexibility index (Phi) is 8.53. The van der Waals surface area contributed by atoms with E-state index in [1.165, 1.54) is 39.8 Å². The van der Waals surface area contributed by atoms with Crippen molar-refractivity contribution in [1.29, 1.82) is 0 Å². The molecule has 11 nitrogen and oxygen atoms in total. The molecule has 2 fully saturated rings. The number of carbonyl (C=O) groups is 1. The highest BCUT2D eigenvalue weighted by Gasteiger charge is 2.62. The number of aryl methyl sites for hydroxylation is 1. The van der Waals surface area contributed by atoms with Gasteiger partial charge in [0.05, 0.1) is 17.6 Å². The highest BCUT2D eigenvalue weighted by atomic mass is 35.5. The summed E-state index contributed by atoms with van der Waals surface area (Å²) >= 11 is 6.20. The zero-order chi connectivity index (χ0) is 31.0. The quantitative estimate of drug-likeness (QED) is 0.276. The Hall–Kier alpha value is -3.17. The first-order valence-electron chi connectivity index (χ1n) is 13.9. The summed E-state index contributed by atoms with van der Waals surface area (Å²) in [5, 5.41) is 11.2. The minimum absolute atomic E-state index is 0.0959. The molecule has 16 heteroatoms. The van der Waals surface area contributed by atoms with Gasteiger partial charge < -0.3 is 10.1 Å². The van der Waals surface area contributed by atoms with Crippen LogP contribution in [-0.4, -0.2) is 63.7 Å². The van der Waals surface area contributed by atoms with Crippen molar-refractivity contribution in [3.05, 3.63) is 47.4 Å². The topological polar surface area (TPSA) is 133 Å². The number of amides is 1. The SMILES string of the molecule is CC1(C)CC(CCCn2ccc(S(=O)(=O)NC(=O)c3ccc(-n4ccc(OCCC5(C(F)(F)F)CC5)n4)nc3Cl)n2)CN1. The van der Waals surface area contributed by atoms with Crippen molar-refractivity contribution in [2.45, 2.75) is 75.7 Å². The third-order valence-electron chi connectivity index (χ3n) is 7.95. The maximum atomic E-state index is 13.1. The van der Waals surface area contributed by atoms with E-state index >= 15 is 0 Å². The smallest absolute Gasteiger partial charge is 0.394 e. The van der Waals surface area contributed by atoms with E-state index in [0.717, 1.165) is 25.8 Å². The molecule has 43 heavy (non-hydrogen) atoms. The molecule has 1 aliphatic carbocycles. The Morgan fingerprint density at radius 1 is 1.19 bits per heavy atom. The van der Waals surface area contributed by atoms with Crippen LogP contribution >= 0.6 is 11.6 Å². The molecule has 4 heterocycles. The van der Waals surface area contributed by atoms with Crippen molar-refractivity contribution in [3.8, 4) is 11.7 Å². The van der Waals surface area contributed by atoms with Gasteiger partial charge in [-0.25, -0.2) is 14.4 Å². The Labute approximate surface area is 252 Å². The van der Waals surface area contributed by atoms with E-state index in [1.54, 1.807) is 6.20 Å². The normalized spacial score (nSPS) is 19.3. The Bertz CT molecular complexity index is 1580. The zero-order valence-corrected chi connectivity index (χ0v) is 25.3. The lowest BCUT2D eigenvalue weighted by molar-refractivity contribution is -0.190. The lowest BCUT2D eigenvalue weighted by Gasteiger charge is -2.18. The molecule has 1 atom stereocenters. The van der Waals surface area contributed by atoms with Crippen LogP contribution in [0.1, 0.15) is 62.7 Å². The van der Waals surface area contributed by atoms with Crippen molar-refractivity contribution < 1.29 is 31.1 Å². The van der Waals surface area contributed by atoms with Crippen LogP contribution in [0.3, 0.4) is 0 Å². The van der Waals surface area contributed by atoms with Crippen LogP contribution in [0, 0.1) is 11.3 Å². The van der Waals surface area contributed by atoms with Crippen molar-refractivity contribution >= 4 is 27.5 Å². The second-order valence-corrected chi connectivity index (χ2v) is 13.8. The molecular weight excluding hydrogens is 611 g/mol. The molecule has 0 bridgehead atoms. The van der Waals surface area contributed by atoms with Gasteiger partial charge in [-0.1, -0.05) is 11.6 Å². The molecule has 2 aliphatic rings. The van der Waals surface area contributed by atoms with Crippen LogP contribution in [-0.2, 0) is 16.6 Å². The third-order valence-corrected chi connectivity index (χ3v) is 9.46. The first-order chi connectivity index (χ1) is 20.2. The largest absolute Gasteiger partial charge is 0.477 e. The lowest BCUT2D eigenvalue weighted by atomic mass is 9.94. The number of alkyl halides is 3. The zero-order valence-electron chi connectivity index (χ0n) is 23.7. The molecule has 1 aliphatic heterocycles. The summed E-state index contributed by atoms with van der Waals surface area (Å²) < 4.78 is 75.1. The number of halogens is 4. The van der Waals surface area contributed by atoms with E-state index < -0.39 is 27.5 Å². The van der Waals surface area contributed by atoms with Gasteiger partial charge in [0.15, 0.2) is 10.8 Å². The molecule has 234 valence electrons. The lowest BCUT2D eigenvalue weighted by Crippen LogP contribution is -2.31. The third kappa shape index (κ3) is 7.32. The first kappa shape index (κ1) is 31.3. The average Bonchev–Trinajstić information content (AvgIpc) is 3.23. The highest BCUT2D eigenvalue weighted by molar-refractivity contribution is 7.90. The van der Waals surface area contributed by atoms with Gasteiger partial charge in [0, 0.05) is 30.5 Å². The van der Waals surface area contributed by atoms with Gasteiger partial charge in [-0.15, -0.1) is 5.10 Å². The summed E-state index contributed by atoms with van der Waals surface area (Å²) in [6.07, 6.45) is 1.73. The fourth-order valence-electron chi connectivity index (χ4n) is 5.28. The number of ether oxygens (including phenoxy) is 1. The molecule has 1 saturated carbocycles. The predicted molar refractivity (Wildman–Crippen MR) is 151 cm³/mol. The molecule has 3 aromatic heterocycles. The summed E-state index contributed by atoms with van der Waals surface area (Å²) in [6.45, 7) is 5.71. The number of carbonyl (C=O) groups excluding carboxylic acids is 1. The number of sulfonamides is 1. The van der Waals surface area contributed by atoms with Gasteiger partial charge in [-0.3, -0.25) is 9.48 Å². The average molecular weight is 644 g/mol. The van der Waals surface area contributed by atoms with Crippen molar-refractivity contribution in [2.75, 3.05) is 13.2 Å². The molecule has 1 unspecified atom stereocenters. The summed E-state index contributed by atoms with van der Waals surface area (Å²) in [5.41, 5.74) is -1.72. The van der Waals surface area contributed by atoms with E-state index in [9.17, 15) is 26.4 Å². The van der Waals surface area contributed by atoms with Gasteiger partial charge in [-0.2, -0.15) is 26.7 Å². The molecule has 2 N–H and O–H groups in total. The number of hydrogen-bond acceptors (Lipinski definition) is 8. The van der Waals surface area contributed by atoms with Crippen LogP contribution in [0.4, 0.5) is 13.2 Å². The maximum absolute atomic E-state index is 13.1. The van der Waals surface area contributed by atoms with Gasteiger partial charge >= 0.3 is 6.18 Å². The summed E-state index contributed by atoms with van der Waals surface area (Å²) in [4.78, 5) is 16.9. The van der Waals surface area contributed by atoms with Crippen LogP contribution in [0.2, 0.25) is 5.15 Å². The second kappa shape index (κ2) is 11.7. The minimum Gasteiger partial charge on any atom is -0.477 e. The van der Waals surface area contributed by atoms with E-state index in [2.05, 4.69) is 34.3 Å². The number of nitrogens with zero attached hydrogens (tertiary/aromatic N) is 5. The van der Waals surface area contributed by atoms with Gasteiger partial charge in [0.25, 0.3) is 15.9 Å². The number of pyridine rings is 1. The predicted octanol–water partition coefficient (Wildman–Crippen LogP) is 4.52. The molecule has 5 rings (SSSR count). The van der Waals surface area contributed by atoms with Gasteiger partial charge in [-0.05, 0) is 83.0 Å². The molecule has 0 radical (unpaired) electrons. The minimum atomic E-state index is -4.28. The fourth-order valence-corrected chi connectivity index (χ4v) is 6.43. The maximum Gasteiger partial charge on any atom is 0.394 e. The van der Waals surface area contributed by atoms with Crippen LogP contribution in [0.15, 0.2) is 41.7 Å². The van der Waals surface area contributed by atoms with E-state index in [0.29, 0.717) is 12.5 Å². The van der Waals surface area contributed by atoms with Crippen LogP contribution in [0.5, 0.6) is 5.88 Å². The molecule has 0 aromatic carbocycles. The van der Waals surface area contributed by atoms with Crippen molar-refractivity contribution in [1.82, 2.24) is 34.6 Å². The summed E-state index contributed by atoms with van der Waals surface area (Å²) in [6, 6.07) is 5.46. The van der Waals surface area contributed by atoms with Gasteiger partial charge in [0.1, 0.15) is 5.15 Å². The molecular formula is C27H33ClF3N7O4S. The van der Waals surface area contributed by atoms with E-state index in [4.69, 9.17) is 16.3 Å². The number of hydrogen-bond donors (Lipinski definition) is 2. The number of aromatic nitrogens is 5. The summed E-state index contributed by atoms with van der Waals surface area (Å²) in [7, 11) is -4.28. The standard InChI is InChI=1S/C27H33ClF3N7O4S/c1-25(2)16-18(17-32-25)4-3-12-37-13-8-22(35-37)43(40,41)36-24(39)19-5-6-20(33-23(19)28)38-14-7-21(34-38)42-15-11-26(9-10-26)27(29,30)31/h5-8,13-14,18,32H,3-4,9-12,15-17H2,1-2H3,(H,36,39). The van der Waals surface area contributed by atoms with Crippen LogP contribution < -0.4 is 14.8 Å². The van der Waals surface area contributed by atoms with E-state index in [1.807, 2.05) is 4.72 Å². The van der Waals surface area contributed by atoms with Gasteiger partial charge in [0.2, 0.25) is 5.88 Å². The van der Waals surface area contributed by atoms with Crippen molar-refractivity contribution in [3.63, 3.8) is 0 Å². The first-order valence-corrected chi connectivity index (χ1v) is 15.8. The molecule has 1 saturated heterocycles. The monoisotopic (exact) mass is 643 g/mol. The van der Waals surface area contributed by atoms with Crippen LogP contribution in [0.25, 0.3) is 5.82 Å². The Morgan fingerprint density at radius 3 is 2.60 bits per heavy atom. The second-order valence-electron chi connectivity index (χ2n) is 11.8. The van der Waals surface area contributed by atoms with Crippen molar-refractivity contribution in [2.24, 2.45) is 11.3 Å². The molecule has 0 spiro atoms. The Balaban J connectivity index is 1.14. The number of nitrogens with one attached hydrogen (secondary N) is 2. The summed E-state index contributed by atoms with van der Waals surface area (Å²) in [5.74, 6) is -0.141. The number of rotatable bonds is 12. The highest BCUT2D eigenvalue weighted by Crippen LogP contribution is 2.59.